The van der Waals surface area contributed by atoms with E-state index in [0.717, 1.165) is 33.8 Å². The lowest BCUT2D eigenvalue weighted by molar-refractivity contribution is 0.850. The molecule has 4 heterocycles. The Bertz CT molecular complexity index is 2020. The first-order chi connectivity index (χ1) is 22.9. The minimum atomic E-state index is -0.242. The molecule has 0 unspecified atom stereocenters. The number of aryl methyl sites for hydroxylation is 3. The Labute approximate surface area is 286 Å². The zero-order chi connectivity index (χ0) is 34.5. The van der Waals surface area contributed by atoms with Gasteiger partial charge < -0.3 is 16.0 Å². The van der Waals surface area contributed by atoms with Gasteiger partial charge in [-0.15, -0.1) is 5.10 Å². The highest BCUT2D eigenvalue weighted by atomic mass is 35.5. The summed E-state index contributed by atoms with van der Waals surface area (Å²) in [5.41, 5.74) is 5.38. The van der Waals surface area contributed by atoms with Gasteiger partial charge in [-0.25, -0.2) is 4.98 Å². The van der Waals surface area contributed by atoms with Crippen molar-refractivity contribution in [3.05, 3.63) is 116 Å². The molecule has 5 rings (SSSR count). The lowest BCUT2D eigenvalue weighted by Crippen LogP contribution is -2.26. The molecule has 5 aromatic rings. The Morgan fingerprint density at radius 1 is 0.688 bits per heavy atom. The predicted octanol–water partition coefficient (Wildman–Crippen LogP) is 7.05. The third kappa shape index (κ3) is 8.12. The fourth-order valence-corrected chi connectivity index (χ4v) is 5.66. The van der Waals surface area contributed by atoms with Gasteiger partial charge >= 0.3 is 0 Å². The van der Waals surface area contributed by atoms with Gasteiger partial charge in [0.2, 0.25) is 0 Å². The van der Waals surface area contributed by atoms with Crippen LogP contribution in [0.1, 0.15) is 58.5 Å². The van der Waals surface area contributed by atoms with Crippen molar-refractivity contribution < 1.29 is 0 Å². The van der Waals surface area contributed by atoms with E-state index >= 15 is 0 Å². The number of nitrogens with zero attached hydrogens (tertiary/aromatic N) is 5. The third-order valence-electron chi connectivity index (χ3n) is 7.50. The van der Waals surface area contributed by atoms with Crippen molar-refractivity contribution in [1.82, 2.24) is 24.3 Å². The van der Waals surface area contributed by atoms with Crippen LogP contribution in [0.2, 0.25) is 5.02 Å². The molecule has 4 aromatic heterocycles. The molecule has 11 heteroatoms. The number of aromatic nitrogens is 5. The molecule has 0 amide bonds. The molecule has 0 aliphatic rings. The van der Waals surface area contributed by atoms with E-state index in [0.29, 0.717) is 40.9 Å². The standard InChI is InChI=1S/C37H43ClN8O2/c1-22(2)39-30-11-8-10-26(35(30)38)14-15-29-18-27(20-34(42-29)45-17-9-12-31(36(45)47)40-23(3)4)28-19-32(41-24(5)6)37(48)46(21-28)33-16-13-25(7)43-44-33/h8-13,16-24,39-41H,14-15H2,1-7H3. The molecule has 0 fully saturated rings. The van der Waals surface area contributed by atoms with Crippen LogP contribution in [0.5, 0.6) is 0 Å². The highest BCUT2D eigenvalue weighted by Crippen LogP contribution is 2.29. The molecule has 0 atom stereocenters. The van der Waals surface area contributed by atoms with Crippen molar-refractivity contribution in [2.45, 2.75) is 79.4 Å². The minimum absolute atomic E-state index is 0.00883. The molecule has 1 aromatic carbocycles. The van der Waals surface area contributed by atoms with Gasteiger partial charge in [-0.05, 0) is 121 Å². The largest absolute Gasteiger partial charge is 0.382 e. The quantitative estimate of drug-likeness (QED) is 0.130. The van der Waals surface area contributed by atoms with E-state index in [1.807, 2.05) is 83.1 Å². The van der Waals surface area contributed by atoms with Crippen molar-refractivity contribution in [1.29, 1.82) is 0 Å². The maximum Gasteiger partial charge on any atom is 0.279 e. The Morgan fingerprint density at radius 3 is 2.04 bits per heavy atom. The summed E-state index contributed by atoms with van der Waals surface area (Å²) >= 11 is 6.83. The molecule has 10 nitrogen and oxygen atoms in total. The number of rotatable bonds is 12. The molecule has 250 valence electrons. The van der Waals surface area contributed by atoms with Crippen LogP contribution in [0.25, 0.3) is 22.8 Å². The lowest BCUT2D eigenvalue weighted by atomic mass is 10.0. The first kappa shape index (κ1) is 34.4. The van der Waals surface area contributed by atoms with Crippen LogP contribution in [0.3, 0.4) is 0 Å². The Hall–Kier alpha value is -4.96. The molecular formula is C37H43ClN8O2. The number of nitrogens with one attached hydrogen (secondary N) is 3. The Balaban J connectivity index is 1.66. The van der Waals surface area contributed by atoms with Gasteiger partial charge in [0, 0.05) is 41.8 Å². The zero-order valence-electron chi connectivity index (χ0n) is 28.5. The first-order valence-electron chi connectivity index (χ1n) is 16.3. The van der Waals surface area contributed by atoms with Gasteiger partial charge in [-0.2, -0.15) is 5.10 Å². The first-order valence-corrected chi connectivity index (χ1v) is 16.6. The second kappa shape index (κ2) is 14.9. The minimum Gasteiger partial charge on any atom is -0.382 e. The van der Waals surface area contributed by atoms with E-state index < -0.39 is 0 Å². The number of halogens is 1. The summed E-state index contributed by atoms with van der Waals surface area (Å²) in [6.45, 7) is 13.9. The fourth-order valence-electron chi connectivity index (χ4n) is 5.39. The summed E-state index contributed by atoms with van der Waals surface area (Å²) in [6.07, 6.45) is 4.67. The summed E-state index contributed by atoms with van der Waals surface area (Å²) in [5.74, 6) is 0.870. The maximum absolute atomic E-state index is 13.7. The number of hydrogen-bond acceptors (Lipinski definition) is 8. The van der Waals surface area contributed by atoms with E-state index in [1.165, 1.54) is 4.57 Å². The van der Waals surface area contributed by atoms with E-state index in [-0.39, 0.29) is 29.2 Å². The van der Waals surface area contributed by atoms with Gasteiger partial charge in [0.15, 0.2) is 5.82 Å². The maximum atomic E-state index is 13.7. The van der Waals surface area contributed by atoms with Crippen molar-refractivity contribution in [3.8, 4) is 22.8 Å². The average Bonchev–Trinajstić information content (AvgIpc) is 3.03. The normalized spacial score (nSPS) is 11.4. The molecular weight excluding hydrogens is 624 g/mol. The summed E-state index contributed by atoms with van der Waals surface area (Å²) in [7, 11) is 0. The molecule has 0 bridgehead atoms. The molecule has 0 aliphatic carbocycles. The molecule has 0 saturated carbocycles. The number of pyridine rings is 3. The highest BCUT2D eigenvalue weighted by molar-refractivity contribution is 6.34. The van der Waals surface area contributed by atoms with Gasteiger partial charge in [0.25, 0.3) is 11.1 Å². The van der Waals surface area contributed by atoms with Crippen LogP contribution >= 0.6 is 11.6 Å². The monoisotopic (exact) mass is 666 g/mol. The Morgan fingerprint density at radius 2 is 1.35 bits per heavy atom. The smallest absolute Gasteiger partial charge is 0.279 e. The zero-order valence-corrected chi connectivity index (χ0v) is 29.3. The second-order valence-corrected chi connectivity index (χ2v) is 13.2. The predicted molar refractivity (Wildman–Crippen MR) is 196 cm³/mol. The van der Waals surface area contributed by atoms with Crippen molar-refractivity contribution in [2.75, 3.05) is 16.0 Å². The summed E-state index contributed by atoms with van der Waals surface area (Å²) in [4.78, 5) is 32.3. The molecule has 3 N–H and O–H groups in total. The number of benzene rings is 1. The number of hydrogen-bond donors (Lipinski definition) is 3. The topological polar surface area (TPSA) is 119 Å². The Kier molecular flexibility index (Phi) is 10.6. The van der Waals surface area contributed by atoms with Crippen molar-refractivity contribution >= 4 is 28.7 Å². The van der Waals surface area contributed by atoms with Crippen LogP contribution < -0.4 is 27.1 Å². The van der Waals surface area contributed by atoms with Crippen LogP contribution in [0.4, 0.5) is 17.1 Å². The van der Waals surface area contributed by atoms with Crippen molar-refractivity contribution in [3.63, 3.8) is 0 Å². The third-order valence-corrected chi connectivity index (χ3v) is 7.95. The lowest BCUT2D eigenvalue weighted by Gasteiger charge is -2.17. The number of anilines is 3. The van der Waals surface area contributed by atoms with E-state index in [2.05, 4.69) is 40.0 Å². The van der Waals surface area contributed by atoms with Crippen LogP contribution in [0.15, 0.2) is 82.6 Å². The van der Waals surface area contributed by atoms with Crippen molar-refractivity contribution in [2.24, 2.45) is 0 Å². The fraction of sp³-hybridized carbons (Fsp3) is 0.324. The van der Waals surface area contributed by atoms with E-state index in [1.54, 1.807) is 29.1 Å². The van der Waals surface area contributed by atoms with Crippen LogP contribution in [-0.4, -0.2) is 42.4 Å². The van der Waals surface area contributed by atoms with Crippen LogP contribution in [0, 0.1) is 6.92 Å². The highest BCUT2D eigenvalue weighted by Gasteiger charge is 2.16. The summed E-state index contributed by atoms with van der Waals surface area (Å²) < 4.78 is 3.05. The molecule has 48 heavy (non-hydrogen) atoms. The van der Waals surface area contributed by atoms with E-state index in [4.69, 9.17) is 16.6 Å². The SMILES string of the molecule is Cc1ccc(-n2cc(-c3cc(CCc4cccc(NC(C)C)c4Cl)nc(-n4cccc(NC(C)C)c4=O)c3)cc(NC(C)C)c2=O)nn1. The molecule has 0 aliphatic heterocycles. The van der Waals surface area contributed by atoms with Gasteiger partial charge in [-0.3, -0.25) is 18.7 Å². The second-order valence-electron chi connectivity index (χ2n) is 12.8. The van der Waals surface area contributed by atoms with Gasteiger partial charge in [-0.1, -0.05) is 23.7 Å². The van der Waals surface area contributed by atoms with E-state index in [9.17, 15) is 9.59 Å². The van der Waals surface area contributed by atoms with Gasteiger partial charge in [0.05, 0.1) is 16.4 Å². The average molecular weight is 667 g/mol. The molecule has 0 saturated heterocycles. The van der Waals surface area contributed by atoms with Gasteiger partial charge in [0.1, 0.15) is 17.2 Å². The molecule has 0 spiro atoms. The summed E-state index contributed by atoms with van der Waals surface area (Å²) in [6, 6.07) is 19.2. The van der Waals surface area contributed by atoms with Crippen LogP contribution in [-0.2, 0) is 12.8 Å². The molecule has 0 radical (unpaired) electrons. The summed E-state index contributed by atoms with van der Waals surface area (Å²) in [5, 5.41) is 19.1.